The summed E-state index contributed by atoms with van der Waals surface area (Å²) >= 11 is 0. The molecule has 90 valence electrons. The van der Waals surface area contributed by atoms with Gasteiger partial charge < -0.3 is 20.1 Å². The minimum atomic E-state index is -0.382. The smallest absolute Gasteiger partial charge is 0.354 e. The van der Waals surface area contributed by atoms with Gasteiger partial charge in [-0.15, -0.1) is 0 Å². The number of carbonyl (C=O) groups is 1. The van der Waals surface area contributed by atoms with Gasteiger partial charge in [-0.05, 0) is 25.5 Å². The molecular formula is C11H18N2O3. The van der Waals surface area contributed by atoms with Crippen molar-refractivity contribution in [3.63, 3.8) is 0 Å². The molecule has 0 aliphatic carbocycles. The third-order valence-electron chi connectivity index (χ3n) is 2.31. The van der Waals surface area contributed by atoms with E-state index in [4.69, 9.17) is 5.11 Å². The zero-order chi connectivity index (χ0) is 12.2. The third kappa shape index (κ3) is 3.36. The minimum absolute atomic E-state index is 0.0568. The summed E-state index contributed by atoms with van der Waals surface area (Å²) in [4.78, 5) is 14.0. The highest BCUT2D eigenvalue weighted by Crippen LogP contribution is 2.07. The number of hydrogen-bond acceptors (Lipinski definition) is 4. The van der Waals surface area contributed by atoms with E-state index in [2.05, 4.69) is 15.0 Å². The van der Waals surface area contributed by atoms with E-state index in [0.29, 0.717) is 12.2 Å². The number of H-pyrrole nitrogens is 1. The topological polar surface area (TPSA) is 74.3 Å². The highest BCUT2D eigenvalue weighted by atomic mass is 16.5. The van der Waals surface area contributed by atoms with Crippen molar-refractivity contribution >= 4 is 5.97 Å². The normalized spacial score (nSPS) is 11.5. The Morgan fingerprint density at radius 1 is 1.62 bits per heavy atom. The molecule has 16 heavy (non-hydrogen) atoms. The molecule has 0 radical (unpaired) electrons. The van der Waals surface area contributed by atoms with E-state index in [1.165, 1.54) is 7.11 Å². The van der Waals surface area contributed by atoms with Crippen molar-refractivity contribution in [2.24, 2.45) is 0 Å². The SMILES string of the molecule is COC(=O)c1cc(CNC(C)(C)CO)c[nH]1. The maximum atomic E-state index is 11.2. The number of hydrogen-bond donors (Lipinski definition) is 3. The molecule has 0 fully saturated rings. The Hall–Kier alpha value is -1.33. The molecule has 5 heteroatoms. The van der Waals surface area contributed by atoms with E-state index in [1.54, 1.807) is 12.3 Å². The maximum absolute atomic E-state index is 11.2. The van der Waals surface area contributed by atoms with Gasteiger partial charge in [0.2, 0.25) is 0 Å². The van der Waals surface area contributed by atoms with Gasteiger partial charge >= 0.3 is 5.97 Å². The monoisotopic (exact) mass is 226 g/mol. The van der Waals surface area contributed by atoms with E-state index in [1.807, 2.05) is 13.8 Å². The Morgan fingerprint density at radius 2 is 2.31 bits per heavy atom. The maximum Gasteiger partial charge on any atom is 0.354 e. The Kier molecular flexibility index (Phi) is 4.09. The Labute approximate surface area is 94.8 Å². The molecule has 0 unspecified atom stereocenters. The van der Waals surface area contributed by atoms with Crippen LogP contribution in [0.4, 0.5) is 0 Å². The van der Waals surface area contributed by atoms with E-state index in [9.17, 15) is 4.79 Å². The number of ether oxygens (including phenoxy) is 1. The highest BCUT2D eigenvalue weighted by Gasteiger charge is 2.15. The molecule has 0 atom stereocenters. The van der Waals surface area contributed by atoms with Gasteiger partial charge in [0.25, 0.3) is 0 Å². The molecule has 0 bridgehead atoms. The second-order valence-electron chi connectivity index (χ2n) is 4.31. The fraction of sp³-hybridized carbons (Fsp3) is 0.545. The molecule has 1 rings (SSSR count). The van der Waals surface area contributed by atoms with Crippen molar-refractivity contribution in [3.05, 3.63) is 23.5 Å². The fourth-order valence-corrected chi connectivity index (χ4v) is 1.17. The largest absolute Gasteiger partial charge is 0.464 e. The summed E-state index contributed by atoms with van der Waals surface area (Å²) in [5, 5.41) is 12.2. The Bertz CT molecular complexity index is 358. The first kappa shape index (κ1) is 12.7. The van der Waals surface area contributed by atoms with Crippen molar-refractivity contribution < 1.29 is 14.6 Å². The fourth-order valence-electron chi connectivity index (χ4n) is 1.17. The first-order valence-electron chi connectivity index (χ1n) is 5.10. The molecule has 0 amide bonds. The standard InChI is InChI=1S/C11H18N2O3/c1-11(2,7-14)13-6-8-4-9(12-5-8)10(15)16-3/h4-5,12-14H,6-7H2,1-3H3. The van der Waals surface area contributed by atoms with Crippen LogP contribution >= 0.6 is 0 Å². The van der Waals surface area contributed by atoms with E-state index < -0.39 is 0 Å². The molecule has 0 aromatic carbocycles. The summed E-state index contributed by atoms with van der Waals surface area (Å²) in [6.45, 7) is 4.45. The number of methoxy groups -OCH3 is 1. The lowest BCUT2D eigenvalue weighted by atomic mass is 10.1. The van der Waals surface area contributed by atoms with Crippen LogP contribution in [-0.4, -0.2) is 35.3 Å². The first-order valence-corrected chi connectivity index (χ1v) is 5.10. The van der Waals surface area contributed by atoms with Crippen LogP contribution in [0.5, 0.6) is 0 Å². The van der Waals surface area contributed by atoms with Crippen LogP contribution in [0.25, 0.3) is 0 Å². The molecule has 1 aromatic heterocycles. The van der Waals surface area contributed by atoms with Gasteiger partial charge in [0.15, 0.2) is 0 Å². The van der Waals surface area contributed by atoms with Crippen molar-refractivity contribution in [1.82, 2.24) is 10.3 Å². The van der Waals surface area contributed by atoms with Crippen molar-refractivity contribution in [2.75, 3.05) is 13.7 Å². The molecular weight excluding hydrogens is 208 g/mol. The summed E-state index contributed by atoms with van der Waals surface area (Å²) in [6, 6.07) is 1.73. The van der Waals surface area contributed by atoms with Crippen LogP contribution in [0.15, 0.2) is 12.3 Å². The van der Waals surface area contributed by atoms with Crippen molar-refractivity contribution in [3.8, 4) is 0 Å². The first-order chi connectivity index (χ1) is 7.48. The van der Waals surface area contributed by atoms with Crippen molar-refractivity contribution in [2.45, 2.75) is 25.9 Å². The van der Waals surface area contributed by atoms with Gasteiger partial charge in [-0.2, -0.15) is 0 Å². The van der Waals surface area contributed by atoms with Gasteiger partial charge in [-0.25, -0.2) is 4.79 Å². The molecule has 1 aromatic rings. The van der Waals surface area contributed by atoms with Gasteiger partial charge in [-0.3, -0.25) is 0 Å². The summed E-state index contributed by atoms with van der Waals surface area (Å²) < 4.78 is 4.59. The number of aliphatic hydroxyl groups is 1. The molecule has 0 aliphatic rings. The quantitative estimate of drug-likeness (QED) is 0.645. The zero-order valence-electron chi connectivity index (χ0n) is 9.83. The van der Waals surface area contributed by atoms with Crippen LogP contribution in [0.1, 0.15) is 29.9 Å². The second kappa shape index (κ2) is 5.14. The lowest BCUT2D eigenvalue weighted by molar-refractivity contribution is 0.0595. The minimum Gasteiger partial charge on any atom is -0.464 e. The lowest BCUT2D eigenvalue weighted by Gasteiger charge is -2.23. The number of aliphatic hydroxyl groups excluding tert-OH is 1. The molecule has 0 spiro atoms. The van der Waals surface area contributed by atoms with E-state index in [-0.39, 0.29) is 18.1 Å². The summed E-state index contributed by atoms with van der Waals surface area (Å²) in [7, 11) is 1.34. The molecule has 1 heterocycles. The average molecular weight is 226 g/mol. The van der Waals surface area contributed by atoms with E-state index >= 15 is 0 Å². The summed E-state index contributed by atoms with van der Waals surface area (Å²) in [5.74, 6) is -0.382. The summed E-state index contributed by atoms with van der Waals surface area (Å²) in [6.07, 6.45) is 1.74. The Morgan fingerprint density at radius 3 is 2.88 bits per heavy atom. The highest BCUT2D eigenvalue weighted by molar-refractivity contribution is 5.87. The van der Waals surface area contributed by atoms with Crippen LogP contribution in [0.2, 0.25) is 0 Å². The van der Waals surface area contributed by atoms with E-state index in [0.717, 1.165) is 5.56 Å². The predicted octanol–water partition coefficient (Wildman–Crippen LogP) is 0.662. The van der Waals surface area contributed by atoms with Gasteiger partial charge in [0, 0.05) is 18.3 Å². The van der Waals surface area contributed by atoms with Crippen LogP contribution in [-0.2, 0) is 11.3 Å². The number of esters is 1. The third-order valence-corrected chi connectivity index (χ3v) is 2.31. The van der Waals surface area contributed by atoms with Gasteiger partial charge in [-0.1, -0.05) is 0 Å². The van der Waals surface area contributed by atoms with Crippen LogP contribution < -0.4 is 5.32 Å². The second-order valence-corrected chi connectivity index (χ2v) is 4.31. The molecule has 5 nitrogen and oxygen atoms in total. The van der Waals surface area contributed by atoms with Gasteiger partial charge in [0.05, 0.1) is 13.7 Å². The van der Waals surface area contributed by atoms with Crippen LogP contribution in [0, 0.1) is 0 Å². The lowest BCUT2D eigenvalue weighted by Crippen LogP contribution is -2.41. The number of aromatic amines is 1. The summed E-state index contributed by atoms with van der Waals surface area (Å²) in [5.41, 5.74) is 1.05. The number of aromatic nitrogens is 1. The number of nitrogens with one attached hydrogen (secondary N) is 2. The van der Waals surface area contributed by atoms with Crippen LogP contribution in [0.3, 0.4) is 0 Å². The predicted molar refractivity (Wildman–Crippen MR) is 60.1 cm³/mol. The average Bonchev–Trinajstić information content (AvgIpc) is 2.74. The Balaban J connectivity index is 2.56. The number of carbonyl (C=O) groups excluding carboxylic acids is 1. The van der Waals surface area contributed by atoms with Crippen molar-refractivity contribution in [1.29, 1.82) is 0 Å². The molecule has 3 N–H and O–H groups in total. The molecule has 0 saturated heterocycles. The molecule has 0 aliphatic heterocycles. The molecule has 0 saturated carbocycles. The number of rotatable bonds is 5. The van der Waals surface area contributed by atoms with Gasteiger partial charge in [0.1, 0.15) is 5.69 Å². The zero-order valence-corrected chi connectivity index (χ0v) is 9.83.